The van der Waals surface area contributed by atoms with E-state index in [-0.39, 0.29) is 5.91 Å². The Labute approximate surface area is 160 Å². The Balaban J connectivity index is 1.78. The summed E-state index contributed by atoms with van der Waals surface area (Å²) in [5.74, 6) is 1.12. The number of hydrogen-bond acceptors (Lipinski definition) is 5. The Morgan fingerprint density at radius 3 is 2.39 bits per heavy atom. The average Bonchev–Trinajstić information content (AvgIpc) is 2.68. The summed E-state index contributed by atoms with van der Waals surface area (Å²) in [5.41, 5.74) is 0.387. The monoisotopic (exact) mass is 391 g/mol. The molecule has 2 heterocycles. The molecule has 0 saturated carbocycles. The number of piperazine rings is 1. The summed E-state index contributed by atoms with van der Waals surface area (Å²) >= 11 is 0. The predicted molar refractivity (Wildman–Crippen MR) is 100 cm³/mol. The van der Waals surface area contributed by atoms with Gasteiger partial charge >= 0.3 is 6.18 Å². The first kappa shape index (κ1) is 19.7. The highest BCUT2D eigenvalue weighted by Gasteiger charge is 2.30. The van der Waals surface area contributed by atoms with Crippen molar-refractivity contribution in [2.45, 2.75) is 13.1 Å². The highest BCUT2D eigenvalue weighted by Crippen LogP contribution is 2.32. The van der Waals surface area contributed by atoms with Gasteiger partial charge in [0, 0.05) is 31.9 Å². The number of amides is 1. The van der Waals surface area contributed by atoms with Gasteiger partial charge in [0.05, 0.1) is 11.8 Å². The number of carbonyl (C=O) groups is 1. The fraction of sp³-hybridized carbons (Fsp3) is 0.316. The van der Waals surface area contributed by atoms with Gasteiger partial charge in [-0.05, 0) is 37.3 Å². The molecule has 1 aliphatic rings. The van der Waals surface area contributed by atoms with E-state index in [2.05, 4.69) is 21.9 Å². The highest BCUT2D eigenvalue weighted by atomic mass is 19.4. The molecule has 0 radical (unpaired) electrons. The van der Waals surface area contributed by atoms with Crippen molar-refractivity contribution in [1.29, 1.82) is 0 Å². The number of anilines is 3. The van der Waals surface area contributed by atoms with Crippen molar-refractivity contribution >= 4 is 23.1 Å². The second kappa shape index (κ2) is 7.87. The fourth-order valence-corrected chi connectivity index (χ4v) is 2.95. The Morgan fingerprint density at radius 1 is 1.18 bits per heavy atom. The van der Waals surface area contributed by atoms with Gasteiger partial charge in [-0.3, -0.25) is 4.79 Å². The molecule has 0 aliphatic carbocycles. The van der Waals surface area contributed by atoms with Crippen LogP contribution >= 0.6 is 0 Å². The molecule has 1 aromatic carbocycles. The molecule has 1 aliphatic heterocycles. The standard InChI is InChI=1S/C19H20F3N5O/c1-3-17(28)26-8-10-27(11-9-26)18-16(12-23-13(2)24-18)25-15-6-4-14(5-7-15)19(20,21)22/h3-7,12,25H,1,8-11H2,2H3. The first-order chi connectivity index (χ1) is 13.3. The molecule has 6 nitrogen and oxygen atoms in total. The van der Waals surface area contributed by atoms with Crippen molar-refractivity contribution in [1.82, 2.24) is 14.9 Å². The number of nitrogens with zero attached hydrogens (tertiary/aromatic N) is 4. The van der Waals surface area contributed by atoms with Crippen LogP contribution < -0.4 is 10.2 Å². The van der Waals surface area contributed by atoms with Crippen LogP contribution in [0.2, 0.25) is 0 Å². The molecule has 1 fully saturated rings. The van der Waals surface area contributed by atoms with Crippen LogP contribution in [0.3, 0.4) is 0 Å². The van der Waals surface area contributed by atoms with E-state index in [4.69, 9.17) is 0 Å². The molecule has 28 heavy (non-hydrogen) atoms. The number of aryl methyl sites for hydroxylation is 1. The third-order valence-corrected chi connectivity index (χ3v) is 4.45. The van der Waals surface area contributed by atoms with E-state index in [0.717, 1.165) is 12.1 Å². The molecular weight excluding hydrogens is 371 g/mol. The first-order valence-electron chi connectivity index (χ1n) is 8.72. The third kappa shape index (κ3) is 4.41. The zero-order valence-corrected chi connectivity index (χ0v) is 15.3. The number of aromatic nitrogens is 2. The van der Waals surface area contributed by atoms with E-state index < -0.39 is 11.7 Å². The predicted octanol–water partition coefficient (Wildman–Crippen LogP) is 3.38. The minimum absolute atomic E-state index is 0.110. The molecule has 1 aromatic heterocycles. The molecule has 148 valence electrons. The average molecular weight is 391 g/mol. The number of hydrogen-bond donors (Lipinski definition) is 1. The molecule has 1 saturated heterocycles. The lowest BCUT2D eigenvalue weighted by Crippen LogP contribution is -2.48. The molecule has 1 amide bonds. The summed E-state index contributed by atoms with van der Waals surface area (Å²) in [6.07, 6.45) is -1.47. The van der Waals surface area contributed by atoms with Gasteiger partial charge in [0.15, 0.2) is 5.82 Å². The number of halogens is 3. The van der Waals surface area contributed by atoms with Crippen molar-refractivity contribution in [3.63, 3.8) is 0 Å². The maximum atomic E-state index is 12.7. The zero-order valence-electron chi connectivity index (χ0n) is 15.3. The minimum Gasteiger partial charge on any atom is -0.351 e. The smallest absolute Gasteiger partial charge is 0.351 e. The molecule has 2 aromatic rings. The summed E-state index contributed by atoms with van der Waals surface area (Å²) in [6, 6.07) is 4.79. The zero-order chi connectivity index (χ0) is 20.3. The number of alkyl halides is 3. The van der Waals surface area contributed by atoms with E-state index in [1.165, 1.54) is 18.2 Å². The molecular formula is C19H20F3N5O. The van der Waals surface area contributed by atoms with Gasteiger partial charge in [-0.2, -0.15) is 13.2 Å². The van der Waals surface area contributed by atoms with Crippen LogP contribution in [0.25, 0.3) is 0 Å². The Kier molecular flexibility index (Phi) is 5.53. The number of rotatable bonds is 4. The van der Waals surface area contributed by atoms with Crippen molar-refractivity contribution in [3.8, 4) is 0 Å². The molecule has 1 N–H and O–H groups in total. The van der Waals surface area contributed by atoms with Crippen molar-refractivity contribution in [2.24, 2.45) is 0 Å². The van der Waals surface area contributed by atoms with Crippen LogP contribution in [0.15, 0.2) is 43.1 Å². The van der Waals surface area contributed by atoms with Crippen LogP contribution in [-0.4, -0.2) is 47.0 Å². The summed E-state index contributed by atoms with van der Waals surface area (Å²) in [4.78, 5) is 24.1. The van der Waals surface area contributed by atoms with Gasteiger partial charge < -0.3 is 15.1 Å². The van der Waals surface area contributed by atoms with Gasteiger partial charge in [-0.1, -0.05) is 6.58 Å². The normalized spacial score (nSPS) is 14.7. The molecule has 0 bridgehead atoms. The lowest BCUT2D eigenvalue weighted by molar-refractivity contribution is -0.137. The maximum absolute atomic E-state index is 12.7. The van der Waals surface area contributed by atoms with Crippen molar-refractivity contribution < 1.29 is 18.0 Å². The summed E-state index contributed by atoms with van der Waals surface area (Å²) in [5, 5.41) is 3.09. The largest absolute Gasteiger partial charge is 0.416 e. The van der Waals surface area contributed by atoms with E-state index in [9.17, 15) is 18.0 Å². The second-order valence-corrected chi connectivity index (χ2v) is 6.37. The van der Waals surface area contributed by atoms with Gasteiger partial charge in [-0.25, -0.2) is 9.97 Å². The van der Waals surface area contributed by atoms with Gasteiger partial charge in [-0.15, -0.1) is 0 Å². The topological polar surface area (TPSA) is 61.4 Å². The van der Waals surface area contributed by atoms with Gasteiger partial charge in [0.25, 0.3) is 0 Å². The number of benzene rings is 1. The first-order valence-corrected chi connectivity index (χ1v) is 8.72. The van der Waals surface area contributed by atoms with Gasteiger partial charge in [0.1, 0.15) is 11.5 Å². The van der Waals surface area contributed by atoms with E-state index >= 15 is 0 Å². The lowest BCUT2D eigenvalue weighted by atomic mass is 10.2. The van der Waals surface area contributed by atoms with E-state index in [1.807, 2.05) is 4.90 Å². The highest BCUT2D eigenvalue weighted by molar-refractivity contribution is 5.87. The number of nitrogens with one attached hydrogen (secondary N) is 1. The van der Waals surface area contributed by atoms with Crippen LogP contribution in [-0.2, 0) is 11.0 Å². The van der Waals surface area contributed by atoms with E-state index in [1.54, 1.807) is 18.0 Å². The quantitative estimate of drug-likeness (QED) is 0.810. The molecule has 9 heteroatoms. The number of carbonyl (C=O) groups excluding carboxylic acids is 1. The van der Waals surface area contributed by atoms with Crippen molar-refractivity contribution in [3.05, 3.63) is 54.5 Å². The SMILES string of the molecule is C=CC(=O)N1CCN(c2nc(C)ncc2Nc2ccc(C(F)(F)F)cc2)CC1. The third-order valence-electron chi connectivity index (χ3n) is 4.45. The maximum Gasteiger partial charge on any atom is 0.416 e. The molecule has 0 atom stereocenters. The Bertz CT molecular complexity index is 859. The molecule has 3 rings (SSSR count). The summed E-state index contributed by atoms with van der Waals surface area (Å²) in [6.45, 7) is 7.50. The second-order valence-electron chi connectivity index (χ2n) is 6.37. The fourth-order valence-electron chi connectivity index (χ4n) is 2.95. The van der Waals surface area contributed by atoms with Crippen LogP contribution in [0.5, 0.6) is 0 Å². The molecule has 0 unspecified atom stereocenters. The lowest BCUT2D eigenvalue weighted by Gasteiger charge is -2.35. The van der Waals surface area contributed by atoms with Crippen LogP contribution in [0.1, 0.15) is 11.4 Å². The summed E-state index contributed by atoms with van der Waals surface area (Å²) in [7, 11) is 0. The van der Waals surface area contributed by atoms with Crippen LogP contribution in [0.4, 0.5) is 30.4 Å². The van der Waals surface area contributed by atoms with Crippen molar-refractivity contribution in [2.75, 3.05) is 36.4 Å². The Morgan fingerprint density at radius 2 is 1.82 bits per heavy atom. The van der Waals surface area contributed by atoms with E-state index in [0.29, 0.717) is 49.2 Å². The van der Waals surface area contributed by atoms with Gasteiger partial charge in [0.2, 0.25) is 5.91 Å². The Hall–Kier alpha value is -3.10. The minimum atomic E-state index is -4.38. The van der Waals surface area contributed by atoms with Crippen LogP contribution in [0, 0.1) is 6.92 Å². The summed E-state index contributed by atoms with van der Waals surface area (Å²) < 4.78 is 38.2. The molecule has 0 spiro atoms.